The fraction of sp³-hybridized carbons (Fsp3) is 0.895. The minimum atomic E-state index is -2.62. The Balaban J connectivity index is 2.32. The van der Waals surface area contributed by atoms with E-state index in [4.69, 9.17) is 14.2 Å². The Morgan fingerprint density at radius 1 is 0.913 bits per heavy atom. The minimum absolute atomic E-state index is 0.106. The van der Waals surface area contributed by atoms with Crippen LogP contribution in [0.5, 0.6) is 0 Å². The molecule has 0 amide bonds. The molecule has 2 heterocycles. The van der Waals surface area contributed by atoms with Crippen molar-refractivity contribution in [3.05, 3.63) is 12.3 Å². The summed E-state index contributed by atoms with van der Waals surface area (Å²) in [5, 5.41) is 0. The van der Waals surface area contributed by atoms with Gasteiger partial charge in [-0.2, -0.15) is 0 Å². The van der Waals surface area contributed by atoms with Crippen LogP contribution in [0.15, 0.2) is 12.3 Å². The zero-order chi connectivity index (χ0) is 16.6. The molecule has 0 spiro atoms. The summed E-state index contributed by atoms with van der Waals surface area (Å²) in [6.07, 6.45) is 13.0. The van der Waals surface area contributed by atoms with Crippen molar-refractivity contribution in [2.24, 2.45) is 0 Å². The van der Waals surface area contributed by atoms with E-state index in [1.807, 2.05) is 6.26 Å². The van der Waals surface area contributed by atoms with E-state index in [9.17, 15) is 0 Å². The molecule has 2 aliphatic heterocycles. The zero-order valence-electron chi connectivity index (χ0n) is 15.4. The molecule has 1 atom stereocenters. The Bertz CT molecular complexity index is 334. The van der Waals surface area contributed by atoms with Crippen molar-refractivity contribution in [1.29, 1.82) is 0 Å². The molecule has 0 radical (unpaired) electrons. The summed E-state index contributed by atoms with van der Waals surface area (Å²) in [6, 6.07) is 0. The summed E-state index contributed by atoms with van der Waals surface area (Å²) in [6.45, 7) is 8.41. The van der Waals surface area contributed by atoms with Crippen LogP contribution in [0.2, 0.25) is 13.3 Å². The van der Waals surface area contributed by atoms with Crippen molar-refractivity contribution >= 4 is 18.4 Å². The first kappa shape index (κ1) is 19.6. The molecule has 134 valence electrons. The molecule has 0 aromatic carbocycles. The second-order valence-electron chi connectivity index (χ2n) is 7.25. The number of hydrogen-bond acceptors (Lipinski definition) is 3. The van der Waals surface area contributed by atoms with E-state index in [2.05, 4.69) is 26.8 Å². The molecule has 23 heavy (non-hydrogen) atoms. The van der Waals surface area contributed by atoms with Crippen molar-refractivity contribution in [2.75, 3.05) is 13.2 Å². The Morgan fingerprint density at radius 2 is 1.43 bits per heavy atom. The van der Waals surface area contributed by atoms with Crippen LogP contribution in [0.1, 0.15) is 65.7 Å². The molecule has 2 aliphatic rings. The van der Waals surface area contributed by atoms with Gasteiger partial charge in [0, 0.05) is 0 Å². The monoisotopic (exact) mass is 432 g/mol. The summed E-state index contributed by atoms with van der Waals surface area (Å²) < 4.78 is 22.7. The summed E-state index contributed by atoms with van der Waals surface area (Å²) in [5.74, 6) is 0. The predicted molar refractivity (Wildman–Crippen MR) is 98.2 cm³/mol. The molecule has 4 heteroatoms. The molecule has 0 N–H and O–H groups in total. The van der Waals surface area contributed by atoms with Gasteiger partial charge in [-0.3, -0.25) is 0 Å². The second-order valence-corrected chi connectivity index (χ2v) is 21.3. The topological polar surface area (TPSA) is 27.7 Å². The van der Waals surface area contributed by atoms with Gasteiger partial charge in [0.2, 0.25) is 0 Å². The molecule has 1 fully saturated rings. The molecule has 1 saturated heterocycles. The summed E-state index contributed by atoms with van der Waals surface area (Å²) in [4.78, 5) is 0. The summed E-state index contributed by atoms with van der Waals surface area (Å²) >= 11 is -2.62. The Morgan fingerprint density at radius 3 is 1.83 bits per heavy atom. The first-order valence-corrected chi connectivity index (χ1v) is 17.3. The van der Waals surface area contributed by atoms with Crippen molar-refractivity contribution in [2.45, 2.75) is 88.9 Å². The van der Waals surface area contributed by atoms with E-state index < -0.39 is 18.4 Å². The van der Waals surface area contributed by atoms with Crippen LogP contribution < -0.4 is 0 Å². The molecule has 0 aromatic heterocycles. The van der Waals surface area contributed by atoms with Crippen molar-refractivity contribution in [3.8, 4) is 0 Å². The van der Waals surface area contributed by atoms with Crippen LogP contribution in [0, 0.1) is 0 Å². The van der Waals surface area contributed by atoms with E-state index in [1.54, 1.807) is 0 Å². The van der Waals surface area contributed by atoms with E-state index in [-0.39, 0.29) is 9.91 Å². The fourth-order valence-electron chi connectivity index (χ4n) is 4.37. The van der Waals surface area contributed by atoms with E-state index >= 15 is 0 Å². The van der Waals surface area contributed by atoms with Gasteiger partial charge >= 0.3 is 147 Å². The van der Waals surface area contributed by atoms with Crippen LogP contribution in [-0.4, -0.2) is 41.5 Å². The molecule has 0 aromatic rings. The van der Waals surface area contributed by atoms with Gasteiger partial charge in [-0.1, -0.05) is 0 Å². The maximum atomic E-state index is 6.44. The molecule has 1 unspecified atom stereocenters. The van der Waals surface area contributed by atoms with Gasteiger partial charge in [-0.15, -0.1) is 0 Å². The normalized spacial score (nSPS) is 25.2. The number of ether oxygens (including phenoxy) is 3. The van der Waals surface area contributed by atoms with E-state index in [1.165, 1.54) is 51.8 Å². The molecule has 3 nitrogen and oxygen atoms in total. The average molecular weight is 431 g/mol. The average Bonchev–Trinajstić information content (AvgIpc) is 3.26. The van der Waals surface area contributed by atoms with Crippen LogP contribution in [0.3, 0.4) is 0 Å². The molecule has 0 saturated carbocycles. The molecule has 0 aliphatic carbocycles. The van der Waals surface area contributed by atoms with Gasteiger partial charge in [0.1, 0.15) is 0 Å². The third kappa shape index (κ3) is 4.27. The first-order chi connectivity index (χ1) is 11.2. The quantitative estimate of drug-likeness (QED) is 0.409. The molecule has 2 rings (SSSR count). The van der Waals surface area contributed by atoms with Gasteiger partial charge in [0.05, 0.1) is 0 Å². The van der Waals surface area contributed by atoms with Crippen LogP contribution in [-0.2, 0) is 14.2 Å². The van der Waals surface area contributed by atoms with Crippen LogP contribution in [0.4, 0.5) is 0 Å². The van der Waals surface area contributed by atoms with E-state index in [0.717, 1.165) is 19.6 Å². The Kier molecular flexibility index (Phi) is 8.23. The van der Waals surface area contributed by atoms with Crippen molar-refractivity contribution in [1.82, 2.24) is 0 Å². The number of unbranched alkanes of at least 4 members (excludes halogenated alkanes) is 3. The number of hydrogen-bond donors (Lipinski definition) is 0. The third-order valence-corrected chi connectivity index (χ3v) is 23.7. The third-order valence-electron chi connectivity index (χ3n) is 5.72. The van der Waals surface area contributed by atoms with E-state index in [0.29, 0.717) is 0 Å². The Hall–Kier alpha value is 0.259. The van der Waals surface area contributed by atoms with Crippen LogP contribution >= 0.6 is 0 Å². The van der Waals surface area contributed by atoms with Gasteiger partial charge in [0.25, 0.3) is 0 Å². The predicted octanol–water partition coefficient (Wildman–Crippen LogP) is 5.42. The van der Waals surface area contributed by atoms with Crippen LogP contribution in [0.25, 0.3) is 0 Å². The van der Waals surface area contributed by atoms with Gasteiger partial charge < -0.3 is 0 Å². The first-order valence-electron chi connectivity index (χ1n) is 9.80. The molecular weight excluding hydrogens is 395 g/mol. The van der Waals surface area contributed by atoms with Gasteiger partial charge in [-0.05, 0) is 0 Å². The number of rotatable bonds is 11. The molecule has 0 bridgehead atoms. The maximum absolute atomic E-state index is 6.44. The van der Waals surface area contributed by atoms with Gasteiger partial charge in [0.15, 0.2) is 0 Å². The molecular formula is C19H36O3Sn. The fourth-order valence-corrected chi connectivity index (χ4v) is 23.3. The summed E-state index contributed by atoms with van der Waals surface area (Å²) in [5.41, 5.74) is 0. The van der Waals surface area contributed by atoms with Gasteiger partial charge in [-0.25, -0.2) is 0 Å². The van der Waals surface area contributed by atoms with Crippen molar-refractivity contribution < 1.29 is 14.2 Å². The SMILES string of the molecule is CCC[CH2][Sn]([CH2]CCC)([CH2]CCC)[C]1(C2OCCO2)CC=CO1. The standard InChI is InChI=1S/C7H9O3.3C4H9.Sn/c1-2-6(8-3-1)7-9-4-5-10-7;3*1-3-4-2;/h1,3,7H,2,4-5H2;3*1,3-4H2,2H3;. The zero-order valence-corrected chi connectivity index (χ0v) is 18.3. The second kappa shape index (κ2) is 9.67. The summed E-state index contributed by atoms with van der Waals surface area (Å²) in [7, 11) is 0. The Labute approximate surface area is 147 Å². The van der Waals surface area contributed by atoms with Crippen molar-refractivity contribution in [3.63, 3.8) is 0 Å².